The molecule has 5 N–H and O–H groups in total. The summed E-state index contributed by atoms with van der Waals surface area (Å²) >= 11 is 0. The average molecular weight is 539 g/mol. The molecule has 0 bridgehead atoms. The van der Waals surface area contributed by atoms with E-state index in [9.17, 15) is 24.3 Å². The summed E-state index contributed by atoms with van der Waals surface area (Å²) in [4.78, 5) is 49.5. The van der Waals surface area contributed by atoms with Crippen molar-refractivity contribution >= 4 is 23.6 Å². The van der Waals surface area contributed by atoms with E-state index in [-0.39, 0.29) is 30.8 Å². The maximum atomic E-state index is 12.9. The summed E-state index contributed by atoms with van der Waals surface area (Å²) in [6.45, 7) is 3.60. The zero-order valence-electron chi connectivity index (χ0n) is 21.7. The van der Waals surface area contributed by atoms with E-state index in [1.807, 2.05) is 0 Å². The number of amides is 4. The number of ether oxygens (including phenoxy) is 4. The zero-order valence-corrected chi connectivity index (χ0v) is 21.7. The summed E-state index contributed by atoms with van der Waals surface area (Å²) in [7, 11) is 1.42. The normalized spacial score (nSPS) is 15.2. The van der Waals surface area contributed by atoms with Gasteiger partial charge in [0.15, 0.2) is 18.1 Å². The average Bonchev–Trinajstić information content (AvgIpc) is 2.90. The van der Waals surface area contributed by atoms with Gasteiger partial charge in [-0.1, -0.05) is 6.07 Å². The molecule has 38 heavy (non-hydrogen) atoms. The lowest BCUT2D eigenvalue weighted by Crippen LogP contribution is -2.52. The number of hydrogen-bond donors (Lipinski definition) is 4. The van der Waals surface area contributed by atoms with Crippen LogP contribution in [0.25, 0.3) is 0 Å². The van der Waals surface area contributed by atoms with E-state index in [0.717, 1.165) is 6.42 Å². The van der Waals surface area contributed by atoms with Crippen LogP contribution in [0.2, 0.25) is 0 Å². The van der Waals surface area contributed by atoms with Crippen LogP contribution in [0.3, 0.4) is 0 Å². The molecule has 212 valence electrons. The van der Waals surface area contributed by atoms with Gasteiger partial charge < -0.3 is 40.0 Å². The lowest BCUT2D eigenvalue weighted by atomic mass is 10.0. The van der Waals surface area contributed by atoms with Gasteiger partial charge in [0.1, 0.15) is 6.04 Å². The molecule has 0 radical (unpaired) electrons. The van der Waals surface area contributed by atoms with Gasteiger partial charge in [-0.2, -0.15) is 0 Å². The second kappa shape index (κ2) is 17.3. The number of imide groups is 1. The molecule has 2 rings (SSSR count). The molecule has 13 heteroatoms. The molecule has 1 unspecified atom stereocenters. The van der Waals surface area contributed by atoms with Crippen LogP contribution in [-0.4, -0.2) is 106 Å². The first-order valence-corrected chi connectivity index (χ1v) is 12.6. The highest BCUT2D eigenvalue weighted by atomic mass is 16.5. The Morgan fingerprint density at radius 3 is 2.39 bits per heavy atom. The Morgan fingerprint density at radius 1 is 1.08 bits per heavy atom. The number of piperidine rings is 1. The van der Waals surface area contributed by atoms with Gasteiger partial charge >= 0.3 is 0 Å². The van der Waals surface area contributed by atoms with Crippen LogP contribution >= 0.6 is 0 Å². The number of nitrogens with two attached hydrogens (primary N) is 1. The van der Waals surface area contributed by atoms with Gasteiger partial charge in [-0.05, 0) is 37.9 Å². The molecule has 1 atom stereocenters. The minimum atomic E-state index is -0.836. The monoisotopic (exact) mass is 538 g/mol. The van der Waals surface area contributed by atoms with Crippen molar-refractivity contribution in [1.29, 1.82) is 0 Å². The lowest BCUT2D eigenvalue weighted by Gasteiger charge is -2.30. The van der Waals surface area contributed by atoms with Crippen molar-refractivity contribution in [3.05, 3.63) is 23.8 Å². The van der Waals surface area contributed by atoms with Crippen molar-refractivity contribution in [2.45, 2.75) is 31.7 Å². The highest BCUT2D eigenvalue weighted by Gasteiger charge is 2.33. The van der Waals surface area contributed by atoms with Crippen molar-refractivity contribution in [2.24, 2.45) is 5.73 Å². The van der Waals surface area contributed by atoms with Gasteiger partial charge in [-0.25, -0.2) is 0 Å². The summed E-state index contributed by atoms with van der Waals surface area (Å²) in [6.07, 6.45) is 1.73. The van der Waals surface area contributed by atoms with Crippen molar-refractivity contribution in [3.8, 4) is 11.5 Å². The van der Waals surface area contributed by atoms with Crippen LogP contribution in [0.15, 0.2) is 18.2 Å². The molecule has 1 heterocycles. The van der Waals surface area contributed by atoms with Gasteiger partial charge in [-0.15, -0.1) is 0 Å². The quantitative estimate of drug-likeness (QED) is 0.141. The summed E-state index contributed by atoms with van der Waals surface area (Å²) in [5.74, 6) is -2.47. The summed E-state index contributed by atoms with van der Waals surface area (Å²) in [5, 5.41) is 15.4. The number of carbonyl (C=O) groups excluding carboxylic acids is 4. The van der Waals surface area contributed by atoms with E-state index < -0.39 is 35.4 Å². The fourth-order valence-corrected chi connectivity index (χ4v) is 3.52. The third-order valence-corrected chi connectivity index (χ3v) is 5.61. The Morgan fingerprint density at radius 2 is 1.74 bits per heavy atom. The van der Waals surface area contributed by atoms with Gasteiger partial charge in [0, 0.05) is 33.2 Å². The number of phenolic OH excluding ortho intramolecular Hbond substituents is 1. The van der Waals surface area contributed by atoms with Crippen LogP contribution in [-0.2, 0) is 28.6 Å². The third kappa shape index (κ3) is 10.6. The van der Waals surface area contributed by atoms with Crippen molar-refractivity contribution in [3.63, 3.8) is 0 Å². The summed E-state index contributed by atoms with van der Waals surface area (Å²) in [5.41, 5.74) is 5.29. The molecule has 0 aliphatic carbocycles. The Hall–Kier alpha value is -3.26. The molecule has 0 saturated carbocycles. The number of aromatic hydroxyl groups is 1. The molecular formula is C25H38N4O9. The Bertz CT molecular complexity index is 928. The molecule has 4 amide bonds. The summed E-state index contributed by atoms with van der Waals surface area (Å²) in [6, 6.07) is 3.47. The van der Waals surface area contributed by atoms with Crippen LogP contribution in [0.5, 0.6) is 11.5 Å². The topological polar surface area (TPSA) is 179 Å². The third-order valence-electron chi connectivity index (χ3n) is 5.61. The number of nitrogens with zero attached hydrogens (tertiary/aromatic N) is 1. The van der Waals surface area contributed by atoms with E-state index in [4.69, 9.17) is 24.7 Å². The molecule has 13 nitrogen and oxygen atoms in total. The predicted octanol–water partition coefficient (Wildman–Crippen LogP) is -0.447. The molecular weight excluding hydrogens is 500 g/mol. The van der Waals surface area contributed by atoms with Crippen molar-refractivity contribution in [1.82, 2.24) is 15.5 Å². The van der Waals surface area contributed by atoms with E-state index in [1.165, 1.54) is 30.1 Å². The number of carbonyl (C=O) groups is 4. The smallest absolute Gasteiger partial charge is 0.258 e. The fourth-order valence-electron chi connectivity index (χ4n) is 3.52. The SMILES string of the molecule is CN(C(=O)c1cccc(OCC(=O)NCCCOCCOCCOCCCN)c1O)C1CCC(=O)NC1=O. The lowest BCUT2D eigenvalue weighted by molar-refractivity contribution is -0.136. The van der Waals surface area contributed by atoms with Gasteiger partial charge in [-0.3, -0.25) is 24.5 Å². The van der Waals surface area contributed by atoms with Gasteiger partial charge in [0.05, 0.1) is 32.0 Å². The minimum Gasteiger partial charge on any atom is -0.504 e. The first-order chi connectivity index (χ1) is 18.3. The van der Waals surface area contributed by atoms with Crippen LogP contribution in [0, 0.1) is 0 Å². The van der Waals surface area contributed by atoms with Crippen molar-refractivity contribution < 1.29 is 43.2 Å². The van der Waals surface area contributed by atoms with Crippen LogP contribution in [0.4, 0.5) is 0 Å². The first kappa shape index (κ1) is 31.0. The largest absolute Gasteiger partial charge is 0.504 e. The number of rotatable bonds is 18. The van der Waals surface area contributed by atoms with Gasteiger partial charge in [0.2, 0.25) is 11.8 Å². The molecule has 1 aliphatic heterocycles. The summed E-state index contributed by atoms with van der Waals surface area (Å²) < 4.78 is 21.5. The molecule has 1 saturated heterocycles. The van der Waals surface area contributed by atoms with Crippen molar-refractivity contribution in [2.75, 3.05) is 66.4 Å². The Kier molecular flexibility index (Phi) is 14.1. The fraction of sp³-hybridized carbons (Fsp3) is 0.600. The van der Waals surface area contributed by atoms with E-state index in [1.54, 1.807) is 0 Å². The first-order valence-electron chi connectivity index (χ1n) is 12.6. The minimum absolute atomic E-state index is 0.0456. The highest BCUT2D eigenvalue weighted by molar-refractivity contribution is 6.04. The number of phenols is 1. The van der Waals surface area contributed by atoms with E-state index in [0.29, 0.717) is 59.2 Å². The van der Waals surface area contributed by atoms with Crippen LogP contribution < -0.4 is 21.1 Å². The molecule has 1 fully saturated rings. The van der Waals surface area contributed by atoms with Gasteiger partial charge in [0.25, 0.3) is 11.8 Å². The second-order valence-electron chi connectivity index (χ2n) is 8.51. The molecule has 0 spiro atoms. The molecule has 0 aromatic heterocycles. The number of para-hydroxylation sites is 1. The van der Waals surface area contributed by atoms with Crippen LogP contribution in [0.1, 0.15) is 36.0 Å². The predicted molar refractivity (Wildman–Crippen MR) is 136 cm³/mol. The standard InChI is InChI=1S/C25H38N4O9/c1-29(19-7-8-21(30)28-24(19)33)25(34)18-5-2-6-20(23(18)32)38-17-22(31)27-10-4-12-36-14-16-37-15-13-35-11-3-9-26/h2,5-6,19,32H,3-4,7-17,26H2,1H3,(H,27,31)(H,28,30,33). The molecule has 1 aromatic rings. The number of hydrogen-bond acceptors (Lipinski definition) is 10. The van der Waals surface area contributed by atoms with E-state index in [2.05, 4.69) is 10.6 Å². The Balaban J connectivity index is 1.64. The number of nitrogens with one attached hydrogen (secondary N) is 2. The maximum absolute atomic E-state index is 12.9. The molecule has 1 aliphatic rings. The second-order valence-corrected chi connectivity index (χ2v) is 8.51. The number of likely N-dealkylation sites (N-methyl/N-ethyl adjacent to an activating group) is 1. The molecule has 1 aromatic carbocycles. The Labute approximate surface area is 221 Å². The highest BCUT2D eigenvalue weighted by Crippen LogP contribution is 2.31. The number of benzene rings is 1. The maximum Gasteiger partial charge on any atom is 0.258 e. The van der Waals surface area contributed by atoms with E-state index >= 15 is 0 Å². The zero-order chi connectivity index (χ0) is 27.8.